The Morgan fingerprint density at radius 2 is 2.00 bits per heavy atom. The highest BCUT2D eigenvalue weighted by atomic mass is 32.1. The van der Waals surface area contributed by atoms with Crippen molar-refractivity contribution in [1.82, 2.24) is 10.2 Å². The van der Waals surface area contributed by atoms with Gasteiger partial charge < -0.3 is 16.0 Å². The number of nitrogens with zero attached hydrogens (tertiary/aromatic N) is 1. The van der Waals surface area contributed by atoms with Crippen molar-refractivity contribution in [2.75, 3.05) is 13.6 Å². The van der Waals surface area contributed by atoms with Gasteiger partial charge in [-0.05, 0) is 39.7 Å². The molecule has 2 unspecified atom stereocenters. The van der Waals surface area contributed by atoms with Gasteiger partial charge in [0.15, 0.2) is 0 Å². The van der Waals surface area contributed by atoms with Crippen LogP contribution in [0.3, 0.4) is 0 Å². The number of nitrogens with one attached hydrogen (secondary N) is 1. The fourth-order valence-electron chi connectivity index (χ4n) is 3.48. The van der Waals surface area contributed by atoms with Crippen molar-refractivity contribution in [3.63, 3.8) is 0 Å². The maximum atomic E-state index is 12.7. The van der Waals surface area contributed by atoms with Crippen LogP contribution >= 0.6 is 12.2 Å². The maximum Gasteiger partial charge on any atom is 0.233 e. The summed E-state index contributed by atoms with van der Waals surface area (Å²) in [4.78, 5) is 15.5. The number of nitrogens with two attached hydrogens (primary N) is 1. The molecular formula is C15H27N3OS. The third-order valence-corrected chi connectivity index (χ3v) is 5.55. The van der Waals surface area contributed by atoms with E-state index in [4.69, 9.17) is 18.0 Å². The Bertz CT molecular complexity index is 379. The van der Waals surface area contributed by atoms with Crippen LogP contribution in [0, 0.1) is 5.41 Å². The van der Waals surface area contributed by atoms with Crippen molar-refractivity contribution in [2.45, 2.75) is 64.0 Å². The number of amides is 1. The molecule has 0 aromatic heterocycles. The quantitative estimate of drug-likeness (QED) is 0.780. The van der Waals surface area contributed by atoms with Crippen LogP contribution in [0.5, 0.6) is 0 Å². The predicted octanol–water partition coefficient (Wildman–Crippen LogP) is 1.82. The first kappa shape index (κ1) is 15.7. The van der Waals surface area contributed by atoms with Crippen molar-refractivity contribution in [3.8, 4) is 0 Å². The van der Waals surface area contributed by atoms with E-state index in [1.807, 2.05) is 0 Å². The number of likely N-dealkylation sites (tertiary alicyclic amines) is 1. The van der Waals surface area contributed by atoms with Gasteiger partial charge in [0, 0.05) is 18.6 Å². The molecule has 20 heavy (non-hydrogen) atoms. The van der Waals surface area contributed by atoms with Gasteiger partial charge in [0.05, 0.1) is 10.4 Å². The van der Waals surface area contributed by atoms with Gasteiger partial charge >= 0.3 is 0 Å². The van der Waals surface area contributed by atoms with Crippen molar-refractivity contribution >= 4 is 23.1 Å². The molecule has 5 heteroatoms. The van der Waals surface area contributed by atoms with Gasteiger partial charge in [-0.15, -0.1) is 0 Å². The van der Waals surface area contributed by atoms with E-state index >= 15 is 0 Å². The summed E-state index contributed by atoms with van der Waals surface area (Å²) in [5, 5.41) is 3.23. The van der Waals surface area contributed by atoms with E-state index in [-0.39, 0.29) is 11.9 Å². The smallest absolute Gasteiger partial charge is 0.233 e. The van der Waals surface area contributed by atoms with Crippen molar-refractivity contribution < 1.29 is 4.79 Å². The van der Waals surface area contributed by atoms with E-state index in [1.54, 1.807) is 0 Å². The van der Waals surface area contributed by atoms with E-state index < -0.39 is 5.41 Å². The second kappa shape index (κ2) is 6.39. The summed E-state index contributed by atoms with van der Waals surface area (Å²) >= 11 is 5.22. The second-order valence-electron chi connectivity index (χ2n) is 6.53. The lowest BCUT2D eigenvalue weighted by molar-refractivity contribution is -0.130. The second-order valence-corrected chi connectivity index (χ2v) is 6.97. The van der Waals surface area contributed by atoms with Crippen LogP contribution in [-0.4, -0.2) is 41.5 Å². The van der Waals surface area contributed by atoms with Crippen LogP contribution in [-0.2, 0) is 4.79 Å². The summed E-state index contributed by atoms with van der Waals surface area (Å²) in [5.74, 6) is 0.0754. The SMILES string of the molecule is CC1CC(NC(=O)C2(C(N)=S)CCCCC2)CCN1C. The topological polar surface area (TPSA) is 58.4 Å². The van der Waals surface area contributed by atoms with Crippen LogP contribution in [0.15, 0.2) is 0 Å². The highest BCUT2D eigenvalue weighted by Crippen LogP contribution is 2.37. The third-order valence-electron chi connectivity index (χ3n) is 5.16. The van der Waals surface area contributed by atoms with Crippen molar-refractivity contribution in [2.24, 2.45) is 11.1 Å². The monoisotopic (exact) mass is 297 g/mol. The zero-order valence-electron chi connectivity index (χ0n) is 12.7. The fraction of sp³-hybridized carbons (Fsp3) is 0.867. The summed E-state index contributed by atoms with van der Waals surface area (Å²) < 4.78 is 0. The molecule has 4 nitrogen and oxygen atoms in total. The molecule has 2 fully saturated rings. The average molecular weight is 297 g/mol. The molecule has 0 aromatic rings. The Balaban J connectivity index is 2.00. The van der Waals surface area contributed by atoms with E-state index in [1.165, 1.54) is 6.42 Å². The van der Waals surface area contributed by atoms with Gasteiger partial charge in [-0.3, -0.25) is 4.79 Å². The molecule has 2 atom stereocenters. The first-order valence-electron chi connectivity index (χ1n) is 7.77. The van der Waals surface area contributed by atoms with Gasteiger partial charge in [-0.1, -0.05) is 31.5 Å². The number of piperidine rings is 1. The number of carbonyl (C=O) groups excluding carboxylic acids is 1. The fourth-order valence-corrected chi connectivity index (χ4v) is 3.78. The van der Waals surface area contributed by atoms with Crippen molar-refractivity contribution in [1.29, 1.82) is 0 Å². The first-order chi connectivity index (χ1) is 9.45. The summed E-state index contributed by atoms with van der Waals surface area (Å²) in [5.41, 5.74) is 5.34. The number of carbonyl (C=O) groups is 1. The third kappa shape index (κ3) is 3.14. The number of rotatable bonds is 3. The minimum absolute atomic E-state index is 0.0754. The Kier molecular flexibility index (Phi) is 5.02. The molecule has 2 aliphatic rings. The molecule has 1 aliphatic carbocycles. The normalized spacial score (nSPS) is 30.7. The Labute approximate surface area is 127 Å². The van der Waals surface area contributed by atoms with Crippen LogP contribution in [0.1, 0.15) is 51.9 Å². The summed E-state index contributed by atoms with van der Waals surface area (Å²) in [7, 11) is 2.14. The number of thiocarbonyl (C=S) groups is 1. The first-order valence-corrected chi connectivity index (χ1v) is 8.17. The molecule has 0 aromatic carbocycles. The Hall–Kier alpha value is -0.680. The van der Waals surface area contributed by atoms with Crippen LogP contribution in [0.4, 0.5) is 0 Å². The van der Waals surface area contributed by atoms with Gasteiger partial charge in [0.1, 0.15) is 0 Å². The maximum absolute atomic E-state index is 12.7. The molecule has 0 bridgehead atoms. The van der Waals surface area contributed by atoms with Gasteiger partial charge in [0.2, 0.25) is 5.91 Å². The van der Waals surface area contributed by atoms with Gasteiger partial charge in [-0.2, -0.15) is 0 Å². The molecule has 1 saturated carbocycles. The van der Waals surface area contributed by atoms with Crippen molar-refractivity contribution in [3.05, 3.63) is 0 Å². The van der Waals surface area contributed by atoms with Gasteiger partial charge in [0.25, 0.3) is 0 Å². The van der Waals surface area contributed by atoms with E-state index in [0.717, 1.165) is 45.1 Å². The average Bonchev–Trinajstić information content (AvgIpc) is 2.43. The minimum atomic E-state index is -0.583. The lowest BCUT2D eigenvalue weighted by atomic mass is 9.73. The number of hydrogen-bond donors (Lipinski definition) is 2. The molecule has 0 spiro atoms. The highest BCUT2D eigenvalue weighted by Gasteiger charge is 2.43. The summed E-state index contributed by atoms with van der Waals surface area (Å²) in [6, 6.07) is 0.781. The Morgan fingerprint density at radius 3 is 2.55 bits per heavy atom. The summed E-state index contributed by atoms with van der Waals surface area (Å²) in [6.07, 6.45) is 6.94. The lowest BCUT2D eigenvalue weighted by Crippen LogP contribution is -2.55. The molecule has 1 heterocycles. The molecule has 1 saturated heterocycles. The molecule has 1 amide bonds. The van der Waals surface area contributed by atoms with E-state index in [2.05, 4.69) is 24.2 Å². The molecule has 114 valence electrons. The van der Waals surface area contributed by atoms with Crippen LogP contribution in [0.25, 0.3) is 0 Å². The molecule has 2 rings (SSSR count). The van der Waals surface area contributed by atoms with E-state index in [9.17, 15) is 4.79 Å². The van der Waals surface area contributed by atoms with Crippen LogP contribution in [0.2, 0.25) is 0 Å². The minimum Gasteiger partial charge on any atom is -0.392 e. The Morgan fingerprint density at radius 1 is 1.35 bits per heavy atom. The van der Waals surface area contributed by atoms with Crippen LogP contribution < -0.4 is 11.1 Å². The zero-order chi connectivity index (χ0) is 14.8. The molecule has 1 aliphatic heterocycles. The lowest BCUT2D eigenvalue weighted by Gasteiger charge is -2.39. The van der Waals surface area contributed by atoms with Gasteiger partial charge in [-0.25, -0.2) is 0 Å². The standard InChI is InChI=1S/C15H27N3OS/c1-11-10-12(6-9-18(11)2)17-14(19)15(13(16)20)7-4-3-5-8-15/h11-12H,3-10H2,1-2H3,(H2,16,20)(H,17,19). The molecular weight excluding hydrogens is 270 g/mol. The zero-order valence-corrected chi connectivity index (χ0v) is 13.5. The number of hydrogen-bond acceptors (Lipinski definition) is 3. The predicted molar refractivity (Wildman–Crippen MR) is 85.6 cm³/mol. The summed E-state index contributed by atoms with van der Waals surface area (Å²) in [6.45, 7) is 3.24. The molecule has 0 radical (unpaired) electrons. The van der Waals surface area contributed by atoms with E-state index in [0.29, 0.717) is 11.0 Å². The molecule has 3 N–H and O–H groups in total. The largest absolute Gasteiger partial charge is 0.392 e. The highest BCUT2D eigenvalue weighted by molar-refractivity contribution is 7.80.